The minimum Gasteiger partial charge on any atom is -0.394 e. The van der Waals surface area contributed by atoms with Crippen molar-refractivity contribution in [3.05, 3.63) is 30.4 Å². The van der Waals surface area contributed by atoms with Crippen molar-refractivity contribution >= 4 is 5.52 Å². The fraction of sp³-hybridized carbons (Fsp3) is 0.250. The van der Waals surface area contributed by atoms with Gasteiger partial charge in [-0.3, -0.25) is 0 Å². The van der Waals surface area contributed by atoms with Crippen LogP contribution in [0.1, 0.15) is 11.6 Å². The molecule has 5 nitrogen and oxygen atoms in total. The van der Waals surface area contributed by atoms with Gasteiger partial charge in [0.05, 0.1) is 24.4 Å². The maximum absolute atomic E-state index is 8.84. The van der Waals surface area contributed by atoms with Gasteiger partial charge in [0.25, 0.3) is 0 Å². The van der Waals surface area contributed by atoms with E-state index < -0.39 is 0 Å². The molecule has 3 N–H and O–H groups in total. The first kappa shape index (κ1) is 8.15. The van der Waals surface area contributed by atoms with Crippen molar-refractivity contribution in [1.82, 2.24) is 14.6 Å². The van der Waals surface area contributed by atoms with Crippen molar-refractivity contribution in [3.8, 4) is 0 Å². The summed E-state index contributed by atoms with van der Waals surface area (Å²) < 4.78 is 1.68. The van der Waals surface area contributed by atoms with Crippen LogP contribution in [0, 0.1) is 0 Å². The summed E-state index contributed by atoms with van der Waals surface area (Å²) in [7, 11) is 0. The van der Waals surface area contributed by atoms with Gasteiger partial charge in [-0.1, -0.05) is 0 Å². The van der Waals surface area contributed by atoms with Crippen LogP contribution in [0.15, 0.2) is 24.8 Å². The first-order chi connectivity index (χ1) is 6.31. The van der Waals surface area contributed by atoms with E-state index in [2.05, 4.69) is 10.1 Å². The molecular formula is C8H10N4O. The van der Waals surface area contributed by atoms with Gasteiger partial charge in [-0.2, -0.15) is 5.10 Å². The highest BCUT2D eigenvalue weighted by molar-refractivity contribution is 5.47. The molecule has 0 aliphatic rings. The van der Waals surface area contributed by atoms with E-state index in [1.54, 1.807) is 16.9 Å². The van der Waals surface area contributed by atoms with Gasteiger partial charge in [0, 0.05) is 6.20 Å². The molecule has 2 heterocycles. The van der Waals surface area contributed by atoms with E-state index in [1.165, 1.54) is 6.33 Å². The molecule has 0 aliphatic carbocycles. The van der Waals surface area contributed by atoms with Crippen LogP contribution in [0.5, 0.6) is 0 Å². The van der Waals surface area contributed by atoms with Crippen LogP contribution in [0.2, 0.25) is 0 Å². The number of hydrogen-bond acceptors (Lipinski definition) is 4. The molecule has 0 aliphatic heterocycles. The Morgan fingerprint density at radius 2 is 2.46 bits per heavy atom. The second-order valence-corrected chi connectivity index (χ2v) is 2.84. The molecule has 0 aromatic carbocycles. The molecule has 0 saturated carbocycles. The number of nitrogens with zero attached hydrogens (tertiary/aromatic N) is 3. The largest absolute Gasteiger partial charge is 0.394 e. The lowest BCUT2D eigenvalue weighted by molar-refractivity contribution is 0.268. The standard InChI is InChI=1S/C8H10N4O/c9-8(4-13)6-1-7-2-10-5-11-12(7)3-6/h1-3,5,8,13H,4,9H2. The third kappa shape index (κ3) is 1.39. The molecule has 0 amide bonds. The fourth-order valence-corrected chi connectivity index (χ4v) is 1.19. The van der Waals surface area contributed by atoms with Gasteiger partial charge in [0.2, 0.25) is 0 Å². The van der Waals surface area contributed by atoms with Crippen LogP contribution in [0.3, 0.4) is 0 Å². The van der Waals surface area contributed by atoms with E-state index in [4.69, 9.17) is 10.8 Å². The molecule has 5 heteroatoms. The average molecular weight is 178 g/mol. The predicted octanol–water partition coefficient (Wildman–Crippen LogP) is -0.279. The van der Waals surface area contributed by atoms with E-state index in [0.717, 1.165) is 11.1 Å². The molecule has 2 rings (SSSR count). The molecule has 1 unspecified atom stereocenters. The van der Waals surface area contributed by atoms with Gasteiger partial charge in [-0.05, 0) is 11.6 Å². The smallest absolute Gasteiger partial charge is 0.136 e. The lowest BCUT2D eigenvalue weighted by Crippen LogP contribution is -2.13. The quantitative estimate of drug-likeness (QED) is 0.663. The van der Waals surface area contributed by atoms with Gasteiger partial charge in [0.15, 0.2) is 0 Å². The highest BCUT2D eigenvalue weighted by atomic mass is 16.3. The highest BCUT2D eigenvalue weighted by Gasteiger charge is 2.07. The Morgan fingerprint density at radius 1 is 1.62 bits per heavy atom. The van der Waals surface area contributed by atoms with E-state index in [1.807, 2.05) is 6.07 Å². The summed E-state index contributed by atoms with van der Waals surface area (Å²) in [6, 6.07) is 1.52. The van der Waals surface area contributed by atoms with Crippen LogP contribution < -0.4 is 5.73 Å². The Bertz CT molecular complexity index is 378. The summed E-state index contributed by atoms with van der Waals surface area (Å²) in [4.78, 5) is 3.88. The average Bonchev–Trinajstić information content (AvgIpc) is 2.59. The molecule has 13 heavy (non-hydrogen) atoms. The first-order valence-corrected chi connectivity index (χ1v) is 3.96. The number of aromatic nitrogens is 3. The number of rotatable bonds is 2. The molecule has 0 bridgehead atoms. The molecule has 68 valence electrons. The maximum Gasteiger partial charge on any atom is 0.136 e. The van der Waals surface area contributed by atoms with E-state index >= 15 is 0 Å². The third-order valence-corrected chi connectivity index (χ3v) is 1.92. The number of aliphatic hydroxyl groups excluding tert-OH is 1. The number of nitrogens with two attached hydrogens (primary N) is 1. The summed E-state index contributed by atoms with van der Waals surface area (Å²) in [6.45, 7) is -0.0652. The van der Waals surface area contributed by atoms with E-state index in [9.17, 15) is 0 Å². The fourth-order valence-electron chi connectivity index (χ4n) is 1.19. The van der Waals surface area contributed by atoms with E-state index in [-0.39, 0.29) is 12.6 Å². The summed E-state index contributed by atoms with van der Waals surface area (Å²) in [6.07, 6.45) is 4.94. The molecule has 2 aromatic heterocycles. The lowest BCUT2D eigenvalue weighted by atomic mass is 10.2. The van der Waals surface area contributed by atoms with E-state index in [0.29, 0.717) is 0 Å². The Kier molecular flexibility index (Phi) is 1.96. The first-order valence-electron chi connectivity index (χ1n) is 3.96. The van der Waals surface area contributed by atoms with Gasteiger partial charge >= 0.3 is 0 Å². The van der Waals surface area contributed by atoms with Crippen molar-refractivity contribution in [2.75, 3.05) is 6.61 Å². The number of hydrogen-bond donors (Lipinski definition) is 2. The van der Waals surface area contributed by atoms with Crippen LogP contribution >= 0.6 is 0 Å². The molecule has 2 aromatic rings. The van der Waals surface area contributed by atoms with Crippen molar-refractivity contribution in [2.24, 2.45) is 5.73 Å². The highest BCUT2D eigenvalue weighted by Crippen LogP contribution is 2.13. The molecule has 0 saturated heterocycles. The van der Waals surface area contributed by atoms with Crippen molar-refractivity contribution in [1.29, 1.82) is 0 Å². The molecule has 0 spiro atoms. The minimum atomic E-state index is -0.346. The zero-order valence-corrected chi connectivity index (χ0v) is 6.96. The Hall–Kier alpha value is -1.46. The summed E-state index contributed by atoms with van der Waals surface area (Å²) in [5, 5.41) is 12.8. The van der Waals surface area contributed by atoms with Gasteiger partial charge in [-0.15, -0.1) is 0 Å². The number of fused-ring (bicyclic) bond motifs is 1. The van der Waals surface area contributed by atoms with Gasteiger partial charge in [-0.25, -0.2) is 9.50 Å². The normalized spacial score (nSPS) is 13.4. The van der Waals surface area contributed by atoms with Crippen LogP contribution in [-0.4, -0.2) is 26.3 Å². The summed E-state index contributed by atoms with van der Waals surface area (Å²) >= 11 is 0. The number of aliphatic hydroxyl groups is 1. The molecular weight excluding hydrogens is 168 g/mol. The molecule has 0 fully saturated rings. The van der Waals surface area contributed by atoms with Crippen molar-refractivity contribution < 1.29 is 5.11 Å². The topological polar surface area (TPSA) is 76.4 Å². The zero-order chi connectivity index (χ0) is 9.26. The zero-order valence-electron chi connectivity index (χ0n) is 6.96. The lowest BCUT2D eigenvalue weighted by Gasteiger charge is -2.02. The van der Waals surface area contributed by atoms with Crippen LogP contribution in [0.25, 0.3) is 5.52 Å². The van der Waals surface area contributed by atoms with Crippen molar-refractivity contribution in [2.45, 2.75) is 6.04 Å². The Labute approximate surface area is 74.8 Å². The van der Waals surface area contributed by atoms with Crippen LogP contribution in [-0.2, 0) is 0 Å². The molecule has 0 radical (unpaired) electrons. The molecule has 1 atom stereocenters. The summed E-state index contributed by atoms with van der Waals surface area (Å²) in [5.41, 5.74) is 7.39. The minimum absolute atomic E-state index is 0.0652. The SMILES string of the molecule is NC(CO)c1cc2cncnn2c1. The van der Waals surface area contributed by atoms with Gasteiger partial charge < -0.3 is 10.8 Å². The second kappa shape index (κ2) is 3.12. The monoisotopic (exact) mass is 178 g/mol. The maximum atomic E-state index is 8.84. The summed E-state index contributed by atoms with van der Waals surface area (Å²) in [5.74, 6) is 0. The predicted molar refractivity (Wildman–Crippen MR) is 47.0 cm³/mol. The Balaban J connectivity index is 2.49. The Morgan fingerprint density at radius 3 is 3.15 bits per heavy atom. The van der Waals surface area contributed by atoms with Gasteiger partial charge in [0.1, 0.15) is 6.33 Å². The third-order valence-electron chi connectivity index (χ3n) is 1.92. The second-order valence-electron chi connectivity index (χ2n) is 2.84. The van der Waals surface area contributed by atoms with Crippen molar-refractivity contribution in [3.63, 3.8) is 0 Å². The van der Waals surface area contributed by atoms with Crippen LogP contribution in [0.4, 0.5) is 0 Å².